The van der Waals surface area contributed by atoms with Gasteiger partial charge in [-0.1, -0.05) is 0 Å². The van der Waals surface area contributed by atoms with Gasteiger partial charge in [-0.3, -0.25) is 19.6 Å². The highest BCUT2D eigenvalue weighted by molar-refractivity contribution is 7.71. The van der Waals surface area contributed by atoms with E-state index in [1.54, 1.807) is 0 Å². The van der Waals surface area contributed by atoms with E-state index in [9.17, 15) is 19.2 Å². The van der Waals surface area contributed by atoms with Gasteiger partial charge in [-0.05, 0) is 12.2 Å². The highest BCUT2D eigenvalue weighted by atomic mass is 32.1. The fourth-order valence-corrected chi connectivity index (χ4v) is 1.20. The molecule has 0 saturated carbocycles. The van der Waals surface area contributed by atoms with Gasteiger partial charge >= 0.3 is 11.7 Å². The van der Waals surface area contributed by atoms with Crippen molar-refractivity contribution in [1.82, 2.24) is 19.9 Å². The van der Waals surface area contributed by atoms with Crippen molar-refractivity contribution in [2.45, 2.75) is 0 Å². The van der Waals surface area contributed by atoms with Gasteiger partial charge in [0.05, 0.1) is 6.20 Å². The third-order valence-corrected chi connectivity index (χ3v) is 2.04. The zero-order valence-electron chi connectivity index (χ0n) is 10.3. The number of H-pyrrole nitrogens is 4. The van der Waals surface area contributed by atoms with Crippen molar-refractivity contribution >= 4 is 18.2 Å². The van der Waals surface area contributed by atoms with E-state index in [-0.39, 0.29) is 11.3 Å². The van der Waals surface area contributed by atoms with Gasteiger partial charge in [0.15, 0.2) is 11.4 Å². The zero-order chi connectivity index (χ0) is 15.8. The molecular weight excluding hydrogens is 304 g/mol. The summed E-state index contributed by atoms with van der Waals surface area (Å²) in [6, 6.07) is 1.37. The Bertz CT molecular complexity index is 807. The first-order valence-corrected chi connectivity index (χ1v) is 5.74. The summed E-state index contributed by atoms with van der Waals surface area (Å²) < 4.78 is 4.90. The van der Waals surface area contributed by atoms with Crippen LogP contribution in [0.3, 0.4) is 0 Å². The summed E-state index contributed by atoms with van der Waals surface area (Å²) in [5, 5.41) is 8.21. The van der Waals surface area contributed by atoms with Crippen LogP contribution in [-0.2, 0) is 4.79 Å². The Morgan fingerprint density at radius 3 is 2.43 bits per heavy atom. The molecule has 2 heterocycles. The molecule has 11 heteroatoms. The van der Waals surface area contributed by atoms with Crippen LogP contribution in [0.1, 0.15) is 0 Å². The summed E-state index contributed by atoms with van der Waals surface area (Å²) in [5.74, 6) is -1.44. The standard InChI is InChI=1S/C6H6N2O5.C4H4N2OS/c9-4(10)2-13-3-1-7-6(12)8-5(3)11;7-3-1-2-5-4(8)6-3/h1H,2H2,(H,9,10)(H2,7,8,11,12);1-2H,(H2,5,6,7,8). The Morgan fingerprint density at radius 1 is 1.24 bits per heavy atom. The number of ether oxygens (including phenoxy) is 1. The van der Waals surface area contributed by atoms with Crippen LogP contribution in [0.25, 0.3) is 0 Å². The molecule has 0 radical (unpaired) electrons. The van der Waals surface area contributed by atoms with Crippen molar-refractivity contribution in [1.29, 1.82) is 0 Å². The Morgan fingerprint density at radius 2 is 1.95 bits per heavy atom. The summed E-state index contributed by atoms with van der Waals surface area (Å²) in [6.45, 7) is -0.630. The smallest absolute Gasteiger partial charge is 0.341 e. The Hall–Kier alpha value is -2.95. The number of carbonyl (C=O) groups is 1. The lowest BCUT2D eigenvalue weighted by Crippen LogP contribution is -2.24. The van der Waals surface area contributed by atoms with Crippen molar-refractivity contribution < 1.29 is 14.6 Å². The van der Waals surface area contributed by atoms with Crippen LogP contribution in [0.15, 0.2) is 32.8 Å². The molecule has 0 saturated heterocycles. The first kappa shape index (κ1) is 16.1. The van der Waals surface area contributed by atoms with Crippen molar-refractivity contribution in [2.24, 2.45) is 0 Å². The Balaban J connectivity index is 0.000000235. The minimum atomic E-state index is -1.20. The molecule has 0 fully saturated rings. The largest absolute Gasteiger partial charge is 0.479 e. The molecule has 2 aromatic rings. The molecule has 21 heavy (non-hydrogen) atoms. The molecule has 2 aromatic heterocycles. The molecule has 0 unspecified atom stereocenters. The fourth-order valence-electron chi connectivity index (χ4n) is 1.03. The van der Waals surface area contributed by atoms with Crippen LogP contribution in [0.4, 0.5) is 0 Å². The van der Waals surface area contributed by atoms with E-state index in [0.717, 1.165) is 6.20 Å². The Labute approximate surface area is 120 Å². The van der Waals surface area contributed by atoms with Crippen molar-refractivity contribution in [3.05, 3.63) is 54.4 Å². The number of aliphatic carboxylic acids is 1. The number of aromatic nitrogens is 4. The lowest BCUT2D eigenvalue weighted by atomic mass is 10.6. The minimum absolute atomic E-state index is 0.172. The summed E-state index contributed by atoms with van der Waals surface area (Å²) in [6.07, 6.45) is 2.51. The van der Waals surface area contributed by atoms with Crippen molar-refractivity contribution in [2.75, 3.05) is 6.61 Å². The molecule has 0 bridgehead atoms. The van der Waals surface area contributed by atoms with Crippen LogP contribution in [0, 0.1) is 4.77 Å². The first-order valence-electron chi connectivity index (χ1n) is 5.33. The average molecular weight is 314 g/mol. The predicted octanol–water partition coefficient (Wildman–Crippen LogP) is -1.04. The van der Waals surface area contributed by atoms with Crippen LogP contribution in [-0.4, -0.2) is 37.6 Å². The molecule has 0 aliphatic heterocycles. The quantitative estimate of drug-likeness (QED) is 0.452. The van der Waals surface area contributed by atoms with Crippen molar-refractivity contribution in [3.8, 4) is 5.75 Å². The van der Waals surface area contributed by atoms with E-state index in [2.05, 4.69) is 31.9 Å². The number of hydrogen-bond acceptors (Lipinski definition) is 6. The fraction of sp³-hybridized carbons (Fsp3) is 0.100. The van der Waals surface area contributed by atoms with E-state index in [0.29, 0.717) is 4.77 Å². The Kier molecular flexibility index (Phi) is 5.82. The van der Waals surface area contributed by atoms with Gasteiger partial charge in [-0.2, -0.15) is 0 Å². The van der Waals surface area contributed by atoms with Gasteiger partial charge in [0.1, 0.15) is 0 Å². The lowest BCUT2D eigenvalue weighted by Gasteiger charge is -1.99. The minimum Gasteiger partial charge on any atom is -0.479 e. The average Bonchev–Trinajstić information content (AvgIpc) is 2.38. The topological polar surface area (TPSA) is 161 Å². The number of carboxylic acids is 1. The van der Waals surface area contributed by atoms with Crippen LogP contribution >= 0.6 is 12.2 Å². The number of hydrogen-bond donors (Lipinski definition) is 5. The molecule has 0 amide bonds. The van der Waals surface area contributed by atoms with Gasteiger partial charge in [0.25, 0.3) is 11.1 Å². The molecule has 0 aliphatic rings. The lowest BCUT2D eigenvalue weighted by molar-refractivity contribution is -0.139. The molecular formula is C10H10N4O6S. The molecule has 10 nitrogen and oxygen atoms in total. The maximum Gasteiger partial charge on any atom is 0.341 e. The van der Waals surface area contributed by atoms with Gasteiger partial charge in [-0.25, -0.2) is 9.59 Å². The summed E-state index contributed by atoms with van der Waals surface area (Å²) in [5.41, 5.74) is -1.61. The molecule has 112 valence electrons. The third-order valence-electron chi connectivity index (χ3n) is 1.82. The van der Waals surface area contributed by atoms with E-state index in [1.807, 2.05) is 4.98 Å². The van der Waals surface area contributed by atoms with Gasteiger partial charge in [0.2, 0.25) is 5.75 Å². The predicted molar refractivity (Wildman–Crippen MR) is 73.1 cm³/mol. The molecule has 5 N–H and O–H groups in total. The zero-order valence-corrected chi connectivity index (χ0v) is 11.2. The molecule has 0 aliphatic carbocycles. The van der Waals surface area contributed by atoms with E-state index in [4.69, 9.17) is 5.11 Å². The first-order chi connectivity index (χ1) is 9.88. The number of nitrogens with one attached hydrogen (secondary N) is 4. The number of carboxylic acid groups (broad SMARTS) is 1. The second-order valence-corrected chi connectivity index (χ2v) is 3.82. The summed E-state index contributed by atoms with van der Waals surface area (Å²) >= 11 is 4.59. The highest BCUT2D eigenvalue weighted by Gasteiger charge is 2.03. The van der Waals surface area contributed by atoms with Gasteiger partial charge < -0.3 is 19.8 Å². The summed E-state index contributed by atoms with van der Waals surface area (Å²) in [4.78, 5) is 50.8. The van der Waals surface area contributed by atoms with Gasteiger partial charge in [0, 0.05) is 12.3 Å². The third kappa shape index (κ3) is 6.15. The molecule has 0 atom stereocenters. The second kappa shape index (κ2) is 7.59. The summed E-state index contributed by atoms with van der Waals surface area (Å²) in [7, 11) is 0. The normalized spacial score (nSPS) is 9.33. The molecule has 2 rings (SSSR count). The maximum atomic E-state index is 10.9. The van der Waals surface area contributed by atoms with Crippen LogP contribution < -0.4 is 21.5 Å². The van der Waals surface area contributed by atoms with E-state index < -0.39 is 23.8 Å². The van der Waals surface area contributed by atoms with E-state index in [1.165, 1.54) is 12.3 Å². The number of rotatable bonds is 3. The second-order valence-electron chi connectivity index (χ2n) is 3.41. The van der Waals surface area contributed by atoms with Crippen LogP contribution in [0.2, 0.25) is 0 Å². The van der Waals surface area contributed by atoms with Crippen LogP contribution in [0.5, 0.6) is 5.75 Å². The maximum absolute atomic E-state index is 10.9. The highest BCUT2D eigenvalue weighted by Crippen LogP contribution is 1.94. The monoisotopic (exact) mass is 314 g/mol. The molecule has 0 spiro atoms. The number of aromatic amines is 4. The van der Waals surface area contributed by atoms with E-state index >= 15 is 0 Å². The SMILES string of the molecule is O=C(O)COc1c[nH]c(=O)[nH]c1=O.O=c1cc[nH]c(=S)[nH]1. The van der Waals surface area contributed by atoms with Crippen molar-refractivity contribution in [3.63, 3.8) is 0 Å². The molecule has 0 aromatic carbocycles. The van der Waals surface area contributed by atoms with Gasteiger partial charge in [-0.15, -0.1) is 0 Å².